The third kappa shape index (κ3) is 6.20. The first-order chi connectivity index (χ1) is 8.03. The average molecular weight is 254 g/mol. The molecule has 17 heavy (non-hydrogen) atoms. The summed E-state index contributed by atoms with van der Waals surface area (Å²) in [5.74, 6) is 0. The molecule has 0 amide bonds. The van der Waals surface area contributed by atoms with Gasteiger partial charge in [0.15, 0.2) is 0 Å². The van der Waals surface area contributed by atoms with E-state index < -0.39 is 0 Å². The van der Waals surface area contributed by atoms with Gasteiger partial charge in [-0.3, -0.25) is 0 Å². The topological polar surface area (TPSA) is 29.3 Å². The Kier molecular flexibility index (Phi) is 6.17. The van der Waals surface area contributed by atoms with Crippen molar-refractivity contribution in [3.8, 4) is 0 Å². The van der Waals surface area contributed by atoms with E-state index in [-0.39, 0.29) is 0 Å². The summed E-state index contributed by atoms with van der Waals surface area (Å²) in [6.45, 7) is 7.61. The molecule has 1 aromatic rings. The predicted octanol–water partition coefficient (Wildman–Crippen LogP) is 2.99. The Bertz CT molecular complexity index is 293. The molecule has 1 heterocycles. The van der Waals surface area contributed by atoms with Crippen LogP contribution in [0.5, 0.6) is 0 Å². The molecule has 2 N–H and O–H groups in total. The van der Waals surface area contributed by atoms with E-state index in [1.807, 2.05) is 11.3 Å². The molecule has 1 aromatic heterocycles. The lowest BCUT2D eigenvalue weighted by Crippen LogP contribution is -2.27. The normalized spacial score (nSPS) is 12.3. The number of thiophene rings is 1. The number of rotatable bonds is 8. The SMILES string of the molecule is CN(CCCC(C)(C)CN)CCc1cccs1. The van der Waals surface area contributed by atoms with Crippen LogP contribution in [0.3, 0.4) is 0 Å². The zero-order valence-corrected chi connectivity index (χ0v) is 12.2. The van der Waals surface area contributed by atoms with E-state index in [0.29, 0.717) is 5.41 Å². The first-order valence-corrected chi connectivity index (χ1v) is 7.32. The molecule has 0 radical (unpaired) electrons. The minimum absolute atomic E-state index is 0.300. The van der Waals surface area contributed by atoms with Gasteiger partial charge >= 0.3 is 0 Å². The molecule has 0 bridgehead atoms. The molecular weight excluding hydrogens is 228 g/mol. The van der Waals surface area contributed by atoms with Gasteiger partial charge in [-0.15, -0.1) is 11.3 Å². The van der Waals surface area contributed by atoms with E-state index in [1.54, 1.807) is 0 Å². The highest BCUT2D eigenvalue weighted by Crippen LogP contribution is 2.20. The van der Waals surface area contributed by atoms with Gasteiger partial charge in [-0.1, -0.05) is 19.9 Å². The van der Waals surface area contributed by atoms with Gasteiger partial charge in [-0.25, -0.2) is 0 Å². The van der Waals surface area contributed by atoms with Gasteiger partial charge in [0.2, 0.25) is 0 Å². The zero-order valence-electron chi connectivity index (χ0n) is 11.4. The fourth-order valence-corrected chi connectivity index (χ4v) is 2.50. The lowest BCUT2D eigenvalue weighted by Gasteiger charge is -2.24. The van der Waals surface area contributed by atoms with Crippen LogP contribution in [0.4, 0.5) is 0 Å². The molecule has 0 aliphatic carbocycles. The van der Waals surface area contributed by atoms with Crippen molar-refractivity contribution in [2.24, 2.45) is 11.1 Å². The first kappa shape index (κ1) is 14.7. The third-order valence-corrected chi connectivity index (χ3v) is 4.20. The standard InChI is InChI=1S/C14H26N2S/c1-14(2,12-15)8-5-9-16(3)10-7-13-6-4-11-17-13/h4,6,11H,5,7-10,12,15H2,1-3H3. The van der Waals surface area contributed by atoms with Crippen LogP contribution in [0.25, 0.3) is 0 Å². The van der Waals surface area contributed by atoms with Crippen LogP contribution in [0.1, 0.15) is 31.6 Å². The molecule has 0 saturated carbocycles. The fraction of sp³-hybridized carbons (Fsp3) is 0.714. The Morgan fingerprint density at radius 1 is 1.35 bits per heavy atom. The smallest absolute Gasteiger partial charge is 0.00579 e. The zero-order chi connectivity index (χ0) is 12.7. The summed E-state index contributed by atoms with van der Waals surface area (Å²) in [6.07, 6.45) is 3.63. The van der Waals surface area contributed by atoms with E-state index >= 15 is 0 Å². The predicted molar refractivity (Wildman–Crippen MR) is 77.6 cm³/mol. The van der Waals surface area contributed by atoms with Crippen LogP contribution in [0.15, 0.2) is 17.5 Å². The lowest BCUT2D eigenvalue weighted by atomic mass is 9.88. The second-order valence-corrected chi connectivity index (χ2v) is 6.64. The fourth-order valence-electron chi connectivity index (χ4n) is 1.80. The largest absolute Gasteiger partial charge is 0.330 e. The summed E-state index contributed by atoms with van der Waals surface area (Å²) in [6, 6.07) is 4.35. The maximum Gasteiger partial charge on any atom is 0.00579 e. The molecule has 0 aromatic carbocycles. The van der Waals surface area contributed by atoms with Crippen LogP contribution < -0.4 is 5.73 Å². The van der Waals surface area contributed by atoms with Gasteiger partial charge in [0.05, 0.1) is 0 Å². The van der Waals surface area contributed by atoms with E-state index in [1.165, 1.54) is 30.7 Å². The molecule has 0 aliphatic rings. The molecular formula is C14H26N2S. The van der Waals surface area contributed by atoms with Crippen LogP contribution >= 0.6 is 11.3 Å². The summed E-state index contributed by atoms with van der Waals surface area (Å²) in [5.41, 5.74) is 6.03. The summed E-state index contributed by atoms with van der Waals surface area (Å²) < 4.78 is 0. The lowest BCUT2D eigenvalue weighted by molar-refractivity contribution is 0.280. The monoisotopic (exact) mass is 254 g/mol. The summed E-state index contributed by atoms with van der Waals surface area (Å²) in [5, 5.41) is 2.15. The third-order valence-electron chi connectivity index (χ3n) is 3.27. The van der Waals surface area contributed by atoms with Crippen molar-refractivity contribution in [3.05, 3.63) is 22.4 Å². The number of hydrogen-bond acceptors (Lipinski definition) is 3. The number of nitrogens with two attached hydrogens (primary N) is 1. The van der Waals surface area contributed by atoms with Gasteiger partial charge in [-0.2, -0.15) is 0 Å². The Balaban J connectivity index is 2.11. The van der Waals surface area contributed by atoms with E-state index in [9.17, 15) is 0 Å². The summed E-state index contributed by atoms with van der Waals surface area (Å²) in [7, 11) is 2.21. The van der Waals surface area contributed by atoms with Crippen LogP contribution in [-0.4, -0.2) is 31.6 Å². The Morgan fingerprint density at radius 3 is 2.71 bits per heavy atom. The highest BCUT2D eigenvalue weighted by atomic mass is 32.1. The van der Waals surface area contributed by atoms with Crippen molar-refractivity contribution in [2.45, 2.75) is 33.1 Å². The summed E-state index contributed by atoms with van der Waals surface area (Å²) >= 11 is 1.85. The Labute approximate surface area is 110 Å². The van der Waals surface area contributed by atoms with Gasteiger partial charge in [0, 0.05) is 11.4 Å². The van der Waals surface area contributed by atoms with Gasteiger partial charge in [-0.05, 0) is 56.3 Å². The van der Waals surface area contributed by atoms with Crippen molar-refractivity contribution in [2.75, 3.05) is 26.7 Å². The van der Waals surface area contributed by atoms with Crippen molar-refractivity contribution in [3.63, 3.8) is 0 Å². The molecule has 0 atom stereocenters. The molecule has 98 valence electrons. The van der Waals surface area contributed by atoms with E-state index in [4.69, 9.17) is 5.73 Å². The number of hydrogen-bond donors (Lipinski definition) is 1. The maximum atomic E-state index is 5.73. The number of likely N-dealkylation sites (N-methyl/N-ethyl adjacent to an activating group) is 1. The molecule has 0 aliphatic heterocycles. The Hall–Kier alpha value is -0.380. The van der Waals surface area contributed by atoms with Crippen LogP contribution in [0.2, 0.25) is 0 Å². The maximum absolute atomic E-state index is 5.73. The first-order valence-electron chi connectivity index (χ1n) is 6.44. The Morgan fingerprint density at radius 2 is 2.12 bits per heavy atom. The van der Waals surface area contributed by atoms with Gasteiger partial charge in [0.25, 0.3) is 0 Å². The van der Waals surface area contributed by atoms with Crippen molar-refractivity contribution < 1.29 is 0 Å². The van der Waals surface area contributed by atoms with Crippen molar-refractivity contribution in [1.82, 2.24) is 4.90 Å². The van der Waals surface area contributed by atoms with E-state index in [2.05, 4.69) is 43.3 Å². The molecule has 3 heteroatoms. The minimum atomic E-state index is 0.300. The molecule has 2 nitrogen and oxygen atoms in total. The molecule has 0 saturated heterocycles. The van der Waals surface area contributed by atoms with Crippen molar-refractivity contribution >= 4 is 11.3 Å². The minimum Gasteiger partial charge on any atom is -0.330 e. The molecule has 0 unspecified atom stereocenters. The summed E-state index contributed by atoms with van der Waals surface area (Å²) in [4.78, 5) is 3.91. The molecule has 1 rings (SSSR count). The molecule has 0 spiro atoms. The quantitative estimate of drug-likeness (QED) is 0.773. The second kappa shape index (κ2) is 7.14. The second-order valence-electron chi connectivity index (χ2n) is 5.60. The number of nitrogens with zero attached hydrogens (tertiary/aromatic N) is 1. The van der Waals surface area contributed by atoms with Crippen LogP contribution in [0, 0.1) is 5.41 Å². The van der Waals surface area contributed by atoms with Crippen molar-refractivity contribution in [1.29, 1.82) is 0 Å². The average Bonchev–Trinajstić information content (AvgIpc) is 2.79. The van der Waals surface area contributed by atoms with Gasteiger partial charge < -0.3 is 10.6 Å². The molecule has 0 fully saturated rings. The van der Waals surface area contributed by atoms with Gasteiger partial charge in [0.1, 0.15) is 0 Å². The van der Waals surface area contributed by atoms with Crippen LogP contribution in [-0.2, 0) is 6.42 Å². The van der Waals surface area contributed by atoms with E-state index in [0.717, 1.165) is 13.1 Å². The highest BCUT2D eigenvalue weighted by Gasteiger charge is 2.14. The highest BCUT2D eigenvalue weighted by molar-refractivity contribution is 7.09.